The fourth-order valence-corrected chi connectivity index (χ4v) is 5.73. The molecule has 1 unspecified atom stereocenters. The summed E-state index contributed by atoms with van der Waals surface area (Å²) in [5.74, 6) is 0.384. The minimum absolute atomic E-state index is 0.0809. The first kappa shape index (κ1) is 30.5. The van der Waals surface area contributed by atoms with Gasteiger partial charge in [-0.25, -0.2) is 34.5 Å². The summed E-state index contributed by atoms with van der Waals surface area (Å²) in [6.45, 7) is 3.20. The molecule has 4 aromatic heterocycles. The SMILES string of the molecule is Cc1ccnc([C@H]2C[C@@H]2C(=O)Nc2cc(N(Cc3cn4cc(C5CC5)cc(N5CC(=O)N(C)C5=O)c4n3)C(=O)OC(C)Cl)ncn2)n1. The molecule has 0 bridgehead atoms. The van der Waals surface area contributed by atoms with Crippen molar-refractivity contribution in [1.29, 1.82) is 0 Å². The molecular weight excluding hydrogens is 628 g/mol. The monoisotopic (exact) mass is 658 g/mol. The van der Waals surface area contributed by atoms with Crippen LogP contribution in [0, 0.1) is 12.8 Å². The number of alkyl halides is 1. The Kier molecular flexibility index (Phi) is 7.70. The van der Waals surface area contributed by atoms with Crippen LogP contribution in [0.3, 0.4) is 0 Å². The summed E-state index contributed by atoms with van der Waals surface area (Å²) in [5, 5.41) is 2.81. The number of rotatable bonds is 9. The average molecular weight is 659 g/mol. The number of urea groups is 1. The van der Waals surface area contributed by atoms with Gasteiger partial charge in [0.2, 0.25) is 11.8 Å². The summed E-state index contributed by atoms with van der Waals surface area (Å²) in [5.41, 5.74) is 2.33. The number of hydrogen-bond acceptors (Lipinski definition) is 10. The number of imide groups is 1. The Bertz CT molecular complexity index is 1930. The van der Waals surface area contributed by atoms with Gasteiger partial charge in [-0.3, -0.25) is 24.3 Å². The predicted octanol–water partition coefficient (Wildman–Crippen LogP) is 3.97. The second kappa shape index (κ2) is 11.9. The number of ether oxygens (including phenoxy) is 1. The molecular formula is C31H31ClN10O5. The van der Waals surface area contributed by atoms with Crippen molar-refractivity contribution in [3.05, 3.63) is 65.9 Å². The van der Waals surface area contributed by atoms with E-state index in [-0.39, 0.29) is 48.4 Å². The highest BCUT2D eigenvalue weighted by Gasteiger charge is 2.46. The highest BCUT2D eigenvalue weighted by atomic mass is 35.5. The lowest BCUT2D eigenvalue weighted by molar-refractivity contribution is -0.124. The molecule has 1 N–H and O–H groups in total. The summed E-state index contributed by atoms with van der Waals surface area (Å²) in [4.78, 5) is 77.4. The van der Waals surface area contributed by atoms with Gasteiger partial charge in [0, 0.05) is 49.2 Å². The predicted molar refractivity (Wildman–Crippen MR) is 169 cm³/mol. The molecule has 0 aromatic carbocycles. The molecule has 3 aliphatic rings. The zero-order chi connectivity index (χ0) is 33.0. The van der Waals surface area contributed by atoms with Gasteiger partial charge in [0.05, 0.1) is 17.9 Å². The standard InChI is InChI=1S/C31H31ClN10O5/c1-16-6-7-33-27(36-16)21-9-22(21)29(44)38-24-10-25(35-15-34-24)42(31(46)47-17(2)32)13-20-12-40-11-19(18-4-5-18)8-23(28(40)37-20)41-14-26(43)39(3)30(41)45/h6-8,10-12,15,17-18,21-22H,4-5,9,13-14H2,1-3H3,(H,34,35,38,44)/t17?,21-,22-/m0/s1. The van der Waals surface area contributed by atoms with E-state index in [1.54, 1.807) is 22.9 Å². The second-order valence-electron chi connectivity index (χ2n) is 12.0. The zero-order valence-electron chi connectivity index (χ0n) is 25.8. The molecule has 16 heteroatoms. The molecule has 0 radical (unpaired) electrons. The van der Waals surface area contributed by atoms with Crippen LogP contribution in [0.2, 0.25) is 0 Å². The van der Waals surface area contributed by atoms with Crippen LogP contribution >= 0.6 is 11.6 Å². The number of nitrogens with zero attached hydrogens (tertiary/aromatic N) is 9. The number of likely N-dealkylation sites (N-methyl/N-ethyl adjacent to an activating group) is 1. The third-order valence-corrected chi connectivity index (χ3v) is 8.47. The number of imidazole rings is 1. The van der Waals surface area contributed by atoms with Gasteiger partial charge in [-0.05, 0) is 56.7 Å². The van der Waals surface area contributed by atoms with Crippen LogP contribution in [0.5, 0.6) is 0 Å². The molecule has 3 fully saturated rings. The largest absolute Gasteiger partial charge is 0.430 e. The van der Waals surface area contributed by atoms with E-state index in [1.807, 2.05) is 19.2 Å². The minimum atomic E-state index is -0.939. The summed E-state index contributed by atoms with van der Waals surface area (Å²) in [6.07, 6.45) is 8.51. The fourth-order valence-electron chi connectivity index (χ4n) is 5.65. The number of carbonyl (C=O) groups is 4. The average Bonchev–Trinajstić information content (AvgIpc) is 3.96. The Labute approximate surface area is 273 Å². The van der Waals surface area contributed by atoms with Gasteiger partial charge in [-0.1, -0.05) is 11.6 Å². The number of aryl methyl sites for hydroxylation is 1. The minimum Gasteiger partial charge on any atom is -0.430 e. The van der Waals surface area contributed by atoms with Crippen molar-refractivity contribution in [2.75, 3.05) is 28.7 Å². The van der Waals surface area contributed by atoms with Crippen molar-refractivity contribution >= 4 is 58.5 Å². The molecule has 47 heavy (non-hydrogen) atoms. The molecule has 5 amide bonds. The molecule has 1 aliphatic heterocycles. The van der Waals surface area contributed by atoms with E-state index in [0.717, 1.165) is 29.0 Å². The summed E-state index contributed by atoms with van der Waals surface area (Å²) >= 11 is 6.01. The van der Waals surface area contributed by atoms with Gasteiger partial charge >= 0.3 is 12.1 Å². The van der Waals surface area contributed by atoms with E-state index in [9.17, 15) is 19.2 Å². The molecule has 2 aliphatic carbocycles. The molecule has 7 rings (SSSR count). The Balaban J connectivity index is 1.16. The number of nitrogens with one attached hydrogen (secondary N) is 1. The number of anilines is 3. The first-order valence-electron chi connectivity index (χ1n) is 15.2. The lowest BCUT2D eigenvalue weighted by Crippen LogP contribution is -2.33. The van der Waals surface area contributed by atoms with E-state index >= 15 is 0 Å². The maximum absolute atomic E-state index is 13.3. The lowest BCUT2D eigenvalue weighted by atomic mass is 10.1. The van der Waals surface area contributed by atoms with Gasteiger partial charge < -0.3 is 14.5 Å². The lowest BCUT2D eigenvalue weighted by Gasteiger charge is -2.21. The quantitative estimate of drug-likeness (QED) is 0.205. The molecule has 0 spiro atoms. The third-order valence-electron chi connectivity index (χ3n) is 8.38. The first-order chi connectivity index (χ1) is 22.5. The van der Waals surface area contributed by atoms with Crippen LogP contribution in [0.4, 0.5) is 26.9 Å². The second-order valence-corrected chi connectivity index (χ2v) is 12.6. The van der Waals surface area contributed by atoms with Gasteiger partial charge in [0.25, 0.3) is 0 Å². The maximum Gasteiger partial charge on any atom is 0.417 e. The van der Waals surface area contributed by atoms with Crippen molar-refractivity contribution in [3.8, 4) is 0 Å². The van der Waals surface area contributed by atoms with Crippen molar-refractivity contribution < 1.29 is 23.9 Å². The van der Waals surface area contributed by atoms with Crippen LogP contribution in [0.15, 0.2) is 43.1 Å². The molecule has 3 atom stereocenters. The van der Waals surface area contributed by atoms with E-state index < -0.39 is 17.7 Å². The van der Waals surface area contributed by atoms with Crippen LogP contribution in [-0.2, 0) is 20.9 Å². The molecule has 2 saturated carbocycles. The number of aromatic nitrogens is 6. The highest BCUT2D eigenvalue weighted by molar-refractivity contribution is 6.20. The van der Waals surface area contributed by atoms with E-state index in [4.69, 9.17) is 21.3 Å². The topological polar surface area (TPSA) is 168 Å². The Morgan fingerprint density at radius 2 is 1.96 bits per heavy atom. The van der Waals surface area contributed by atoms with E-state index in [1.165, 1.54) is 36.2 Å². The molecule has 1 saturated heterocycles. The highest BCUT2D eigenvalue weighted by Crippen LogP contribution is 2.46. The smallest absolute Gasteiger partial charge is 0.417 e. The Morgan fingerprint density at radius 1 is 1.15 bits per heavy atom. The summed E-state index contributed by atoms with van der Waals surface area (Å²) in [7, 11) is 1.45. The van der Waals surface area contributed by atoms with Crippen molar-refractivity contribution in [2.24, 2.45) is 5.92 Å². The summed E-state index contributed by atoms with van der Waals surface area (Å²) in [6, 6.07) is 4.74. The van der Waals surface area contributed by atoms with Gasteiger partial charge in [0.1, 0.15) is 30.3 Å². The normalized spacial score (nSPS) is 19.7. The van der Waals surface area contributed by atoms with Crippen LogP contribution < -0.4 is 15.1 Å². The van der Waals surface area contributed by atoms with Crippen LogP contribution in [0.1, 0.15) is 60.8 Å². The van der Waals surface area contributed by atoms with Crippen molar-refractivity contribution in [1.82, 2.24) is 34.2 Å². The van der Waals surface area contributed by atoms with Gasteiger partial charge in [-0.15, -0.1) is 0 Å². The number of carbonyl (C=O) groups excluding carboxylic acids is 4. The Hall–Kier alpha value is -5.18. The number of fused-ring (bicyclic) bond motifs is 1. The first-order valence-corrected chi connectivity index (χ1v) is 15.6. The van der Waals surface area contributed by atoms with Crippen molar-refractivity contribution in [3.63, 3.8) is 0 Å². The van der Waals surface area contributed by atoms with Crippen LogP contribution in [-0.4, -0.2) is 77.3 Å². The fraction of sp³-hybridized carbons (Fsp3) is 0.387. The third kappa shape index (κ3) is 6.17. The number of amides is 5. The number of hydrogen-bond donors (Lipinski definition) is 1. The molecule has 4 aromatic rings. The number of halogens is 1. The summed E-state index contributed by atoms with van der Waals surface area (Å²) < 4.78 is 7.12. The molecule has 242 valence electrons. The van der Waals surface area contributed by atoms with Crippen molar-refractivity contribution in [2.45, 2.75) is 57.1 Å². The molecule has 15 nitrogen and oxygen atoms in total. The zero-order valence-corrected chi connectivity index (χ0v) is 26.6. The van der Waals surface area contributed by atoms with Gasteiger partial charge in [-0.2, -0.15) is 0 Å². The van der Waals surface area contributed by atoms with Crippen LogP contribution in [0.25, 0.3) is 5.65 Å². The Morgan fingerprint density at radius 3 is 2.66 bits per heavy atom. The number of pyridine rings is 1. The van der Waals surface area contributed by atoms with E-state index in [2.05, 4.69) is 25.3 Å². The maximum atomic E-state index is 13.3. The molecule has 5 heterocycles. The van der Waals surface area contributed by atoms with E-state index in [0.29, 0.717) is 35.2 Å². The van der Waals surface area contributed by atoms with Gasteiger partial charge in [0.15, 0.2) is 11.2 Å².